The first-order valence-corrected chi connectivity index (χ1v) is 7.34. The summed E-state index contributed by atoms with van der Waals surface area (Å²) in [4.78, 5) is 16.4. The molecule has 0 spiro atoms. The van der Waals surface area contributed by atoms with E-state index in [1.807, 2.05) is 6.07 Å². The highest BCUT2D eigenvalue weighted by Crippen LogP contribution is 2.29. The van der Waals surface area contributed by atoms with Gasteiger partial charge in [-0.2, -0.15) is 0 Å². The summed E-state index contributed by atoms with van der Waals surface area (Å²) < 4.78 is 18.1. The van der Waals surface area contributed by atoms with E-state index in [4.69, 9.17) is 4.74 Å². The van der Waals surface area contributed by atoms with E-state index in [2.05, 4.69) is 10.3 Å². The molecule has 1 N–H and O–H groups in total. The van der Waals surface area contributed by atoms with E-state index in [1.54, 1.807) is 49.7 Å². The number of benzene rings is 2. The topological polar surface area (TPSA) is 51.2 Å². The molecule has 0 unspecified atom stereocenters. The molecule has 3 rings (SSSR count). The van der Waals surface area contributed by atoms with Crippen molar-refractivity contribution < 1.29 is 13.9 Å². The quantitative estimate of drug-likeness (QED) is 0.738. The molecule has 3 aromatic rings. The first-order chi connectivity index (χ1) is 11.7. The van der Waals surface area contributed by atoms with Crippen LogP contribution in [0, 0.1) is 5.82 Å². The lowest BCUT2D eigenvalue weighted by molar-refractivity contribution is -0.111. The number of methoxy groups -OCH3 is 1. The lowest BCUT2D eigenvalue weighted by atomic mass is 10.1. The number of nitrogens with zero attached hydrogens (tertiary/aromatic N) is 1. The fraction of sp³-hybridized carbons (Fsp3) is 0.0526. The van der Waals surface area contributed by atoms with Crippen molar-refractivity contribution in [3.05, 3.63) is 72.2 Å². The zero-order valence-corrected chi connectivity index (χ0v) is 13.0. The molecule has 0 bridgehead atoms. The molecular formula is C19H15FN2O2. The second-order valence-corrected chi connectivity index (χ2v) is 5.09. The van der Waals surface area contributed by atoms with Crippen LogP contribution in [-0.2, 0) is 4.79 Å². The first kappa shape index (κ1) is 15.7. The monoisotopic (exact) mass is 322 g/mol. The molecule has 1 heterocycles. The number of carbonyl (C=O) groups excluding carboxylic acids is 1. The number of ether oxygens (including phenoxy) is 1. The minimum atomic E-state index is -0.311. The van der Waals surface area contributed by atoms with Gasteiger partial charge in [-0.1, -0.05) is 12.1 Å². The fourth-order valence-corrected chi connectivity index (χ4v) is 2.34. The number of aromatic nitrogens is 1. The Morgan fingerprint density at radius 1 is 1.17 bits per heavy atom. The number of anilines is 1. The Morgan fingerprint density at radius 3 is 2.71 bits per heavy atom. The summed E-state index contributed by atoms with van der Waals surface area (Å²) in [5, 5.41) is 3.61. The van der Waals surface area contributed by atoms with Crippen LogP contribution in [0.3, 0.4) is 0 Å². The number of nitrogens with one attached hydrogen (secondary N) is 1. The average Bonchev–Trinajstić information content (AvgIpc) is 2.61. The lowest BCUT2D eigenvalue weighted by Gasteiger charge is -2.09. The number of rotatable bonds is 4. The number of fused-ring (bicyclic) bond motifs is 1. The molecule has 0 fully saturated rings. The molecule has 1 aromatic heterocycles. The Morgan fingerprint density at radius 2 is 1.96 bits per heavy atom. The minimum Gasteiger partial charge on any atom is -0.494 e. The standard InChI is InChI=1S/C19H15FN2O2/c1-24-17-10-9-16(15-3-2-12-21-19(15)17)22-18(23)11-6-13-4-7-14(20)8-5-13/h2-12H,1H3,(H,22,23). The average molecular weight is 322 g/mol. The van der Waals surface area contributed by atoms with Crippen molar-refractivity contribution in [1.82, 2.24) is 4.98 Å². The molecule has 120 valence electrons. The van der Waals surface area contributed by atoms with Gasteiger partial charge in [0, 0.05) is 17.7 Å². The molecule has 5 heteroatoms. The van der Waals surface area contributed by atoms with Gasteiger partial charge in [0.1, 0.15) is 17.1 Å². The molecule has 24 heavy (non-hydrogen) atoms. The van der Waals surface area contributed by atoms with Gasteiger partial charge in [0.2, 0.25) is 5.91 Å². The van der Waals surface area contributed by atoms with Crippen LogP contribution < -0.4 is 10.1 Å². The zero-order valence-electron chi connectivity index (χ0n) is 13.0. The summed E-state index contributed by atoms with van der Waals surface area (Å²) >= 11 is 0. The molecule has 0 radical (unpaired) electrons. The smallest absolute Gasteiger partial charge is 0.248 e. The van der Waals surface area contributed by atoms with Gasteiger partial charge >= 0.3 is 0 Å². The molecule has 1 amide bonds. The summed E-state index contributed by atoms with van der Waals surface area (Å²) in [5.41, 5.74) is 2.07. The van der Waals surface area contributed by atoms with E-state index in [0.29, 0.717) is 17.0 Å². The van der Waals surface area contributed by atoms with Crippen molar-refractivity contribution in [2.24, 2.45) is 0 Å². The highest BCUT2D eigenvalue weighted by Gasteiger charge is 2.08. The van der Waals surface area contributed by atoms with Gasteiger partial charge in [-0.25, -0.2) is 4.39 Å². The predicted molar refractivity (Wildman–Crippen MR) is 92.4 cm³/mol. The van der Waals surface area contributed by atoms with Gasteiger partial charge in [0.25, 0.3) is 0 Å². The molecule has 0 aliphatic carbocycles. The van der Waals surface area contributed by atoms with Crippen molar-refractivity contribution in [3.63, 3.8) is 0 Å². The second kappa shape index (κ2) is 6.91. The first-order valence-electron chi connectivity index (χ1n) is 7.34. The number of hydrogen-bond donors (Lipinski definition) is 1. The molecule has 0 saturated carbocycles. The van der Waals surface area contributed by atoms with Crippen molar-refractivity contribution in [1.29, 1.82) is 0 Å². The van der Waals surface area contributed by atoms with Crippen molar-refractivity contribution in [2.75, 3.05) is 12.4 Å². The van der Waals surface area contributed by atoms with E-state index < -0.39 is 0 Å². The third kappa shape index (κ3) is 3.41. The van der Waals surface area contributed by atoms with Crippen molar-refractivity contribution >= 4 is 28.6 Å². The maximum absolute atomic E-state index is 12.9. The van der Waals surface area contributed by atoms with Crippen LogP contribution in [0.25, 0.3) is 17.0 Å². The van der Waals surface area contributed by atoms with Crippen molar-refractivity contribution in [2.45, 2.75) is 0 Å². The van der Waals surface area contributed by atoms with Gasteiger partial charge in [-0.15, -0.1) is 0 Å². The van der Waals surface area contributed by atoms with Gasteiger partial charge in [-0.3, -0.25) is 9.78 Å². The van der Waals surface area contributed by atoms with Crippen LogP contribution in [-0.4, -0.2) is 18.0 Å². The number of halogens is 1. The minimum absolute atomic E-state index is 0.283. The van der Waals surface area contributed by atoms with Gasteiger partial charge in [0.15, 0.2) is 0 Å². The Balaban J connectivity index is 1.82. The predicted octanol–water partition coefficient (Wildman–Crippen LogP) is 4.03. The van der Waals surface area contributed by atoms with Gasteiger partial charge < -0.3 is 10.1 Å². The van der Waals surface area contributed by atoms with Crippen LogP contribution in [0.4, 0.5) is 10.1 Å². The number of hydrogen-bond acceptors (Lipinski definition) is 3. The molecule has 0 atom stereocenters. The van der Waals surface area contributed by atoms with Crippen LogP contribution in [0.1, 0.15) is 5.56 Å². The van der Waals surface area contributed by atoms with Gasteiger partial charge in [0.05, 0.1) is 12.8 Å². The Kier molecular flexibility index (Phi) is 4.52. The highest BCUT2D eigenvalue weighted by molar-refractivity contribution is 6.07. The number of pyridine rings is 1. The third-order valence-corrected chi connectivity index (χ3v) is 3.51. The molecule has 0 aliphatic heterocycles. The highest BCUT2D eigenvalue weighted by atomic mass is 19.1. The summed E-state index contributed by atoms with van der Waals surface area (Å²) in [6, 6.07) is 13.1. The summed E-state index contributed by atoms with van der Waals surface area (Å²) in [7, 11) is 1.58. The molecule has 4 nitrogen and oxygen atoms in total. The second-order valence-electron chi connectivity index (χ2n) is 5.09. The van der Waals surface area contributed by atoms with E-state index in [-0.39, 0.29) is 11.7 Å². The molecule has 0 saturated heterocycles. The number of carbonyl (C=O) groups is 1. The normalized spacial score (nSPS) is 10.9. The third-order valence-electron chi connectivity index (χ3n) is 3.51. The van der Waals surface area contributed by atoms with Crippen LogP contribution in [0.15, 0.2) is 60.8 Å². The largest absolute Gasteiger partial charge is 0.494 e. The fourth-order valence-electron chi connectivity index (χ4n) is 2.34. The van der Waals surface area contributed by atoms with E-state index in [1.165, 1.54) is 18.2 Å². The Bertz CT molecular complexity index is 905. The Labute approximate surface area is 138 Å². The van der Waals surface area contributed by atoms with Gasteiger partial charge in [-0.05, 0) is 48.0 Å². The van der Waals surface area contributed by atoms with Crippen LogP contribution in [0.5, 0.6) is 5.75 Å². The van der Waals surface area contributed by atoms with E-state index in [0.717, 1.165) is 10.9 Å². The SMILES string of the molecule is COc1ccc(NC(=O)C=Cc2ccc(F)cc2)c2cccnc12. The molecule has 2 aromatic carbocycles. The lowest BCUT2D eigenvalue weighted by Crippen LogP contribution is -2.08. The zero-order chi connectivity index (χ0) is 16.9. The van der Waals surface area contributed by atoms with E-state index in [9.17, 15) is 9.18 Å². The van der Waals surface area contributed by atoms with Crippen LogP contribution in [0.2, 0.25) is 0 Å². The molecule has 0 aliphatic rings. The van der Waals surface area contributed by atoms with Crippen molar-refractivity contribution in [3.8, 4) is 5.75 Å². The summed E-state index contributed by atoms with van der Waals surface area (Å²) in [5.74, 6) is 0.0499. The summed E-state index contributed by atoms with van der Waals surface area (Å²) in [6.07, 6.45) is 4.70. The maximum atomic E-state index is 12.9. The number of amides is 1. The summed E-state index contributed by atoms with van der Waals surface area (Å²) in [6.45, 7) is 0. The van der Waals surface area contributed by atoms with E-state index >= 15 is 0 Å². The van der Waals surface area contributed by atoms with Crippen LogP contribution >= 0.6 is 0 Å². The maximum Gasteiger partial charge on any atom is 0.248 e. The Hall–Kier alpha value is -3.21. The molecular weight excluding hydrogens is 307 g/mol.